The second kappa shape index (κ2) is 9.42. The summed E-state index contributed by atoms with van der Waals surface area (Å²) in [4.78, 5) is 23.3. The molecule has 3 aliphatic rings. The van der Waals surface area contributed by atoms with E-state index in [1.165, 1.54) is 23.0 Å². The van der Waals surface area contributed by atoms with E-state index in [1.807, 2.05) is 11.0 Å². The van der Waals surface area contributed by atoms with Crippen LogP contribution in [-0.2, 0) is 29.5 Å². The summed E-state index contributed by atoms with van der Waals surface area (Å²) in [6.45, 7) is 3.33. The van der Waals surface area contributed by atoms with Gasteiger partial charge in [0.15, 0.2) is 5.13 Å². The third-order valence-electron chi connectivity index (χ3n) is 6.89. The Morgan fingerprint density at radius 2 is 1.89 bits per heavy atom. The molecule has 3 aliphatic heterocycles. The molecule has 0 saturated carbocycles. The lowest BCUT2D eigenvalue weighted by Gasteiger charge is -2.29. The molecule has 0 aliphatic carbocycles. The molecule has 0 radical (unpaired) electrons. The highest BCUT2D eigenvalue weighted by molar-refractivity contribution is 7.90. The molecule has 0 atom stereocenters. The smallest absolute Gasteiger partial charge is 0.286 e. The highest BCUT2D eigenvalue weighted by Crippen LogP contribution is 2.35. The maximum absolute atomic E-state index is 13.1. The minimum absolute atomic E-state index is 0.0933. The van der Waals surface area contributed by atoms with Crippen LogP contribution in [0.3, 0.4) is 0 Å². The fourth-order valence-electron chi connectivity index (χ4n) is 5.07. The molecule has 36 heavy (non-hydrogen) atoms. The second-order valence-corrected chi connectivity index (χ2v) is 12.1. The summed E-state index contributed by atoms with van der Waals surface area (Å²) < 4.78 is 29.9. The molecule has 1 fully saturated rings. The van der Waals surface area contributed by atoms with Crippen LogP contribution in [0.2, 0.25) is 0 Å². The molecule has 0 spiro atoms. The number of rotatable bonds is 4. The number of nitrogens with zero attached hydrogens (tertiary/aromatic N) is 4. The highest BCUT2D eigenvalue weighted by Gasteiger charge is 2.32. The van der Waals surface area contributed by atoms with Gasteiger partial charge in [-0.2, -0.15) is 8.42 Å². The fourth-order valence-corrected chi connectivity index (χ4v) is 7.40. The molecular weight excluding hydrogens is 494 g/mol. The number of thiazole rings is 1. The van der Waals surface area contributed by atoms with Crippen molar-refractivity contribution in [3.05, 3.63) is 70.2 Å². The normalized spacial score (nSPS) is 18.9. The van der Waals surface area contributed by atoms with Crippen LogP contribution >= 0.6 is 11.3 Å². The molecule has 2 aromatic carbocycles. The number of anilines is 2. The Morgan fingerprint density at radius 1 is 1.03 bits per heavy atom. The van der Waals surface area contributed by atoms with Gasteiger partial charge in [0.2, 0.25) is 0 Å². The van der Waals surface area contributed by atoms with E-state index >= 15 is 0 Å². The van der Waals surface area contributed by atoms with Crippen molar-refractivity contribution in [1.82, 2.24) is 9.88 Å². The van der Waals surface area contributed by atoms with Crippen LogP contribution in [0.1, 0.15) is 52.2 Å². The number of nitrogens with one attached hydrogen (secondary N) is 1. The number of fused-ring (bicyclic) bond motifs is 4. The summed E-state index contributed by atoms with van der Waals surface area (Å²) in [5.74, 6) is 0.234. The lowest BCUT2D eigenvalue weighted by molar-refractivity contribution is 0.102. The topological polar surface area (TPSA) is 95.0 Å². The fraction of sp³-hybridized carbons (Fsp3) is 0.346. The summed E-state index contributed by atoms with van der Waals surface area (Å²) >= 11 is 1.49. The number of hydrogen-bond acceptors (Lipinski definition) is 7. The zero-order valence-electron chi connectivity index (χ0n) is 19.8. The van der Waals surface area contributed by atoms with E-state index in [0.29, 0.717) is 23.1 Å². The average molecular weight is 522 g/mol. The van der Waals surface area contributed by atoms with Gasteiger partial charge in [-0.05, 0) is 36.6 Å². The van der Waals surface area contributed by atoms with Gasteiger partial charge in [-0.1, -0.05) is 36.8 Å². The van der Waals surface area contributed by atoms with Crippen molar-refractivity contribution in [2.45, 2.75) is 50.1 Å². The van der Waals surface area contributed by atoms with Crippen molar-refractivity contribution < 1.29 is 13.2 Å². The maximum atomic E-state index is 13.1. The van der Waals surface area contributed by atoms with E-state index in [0.717, 1.165) is 62.4 Å². The number of aromatic nitrogens is 1. The Kier molecular flexibility index (Phi) is 6.10. The Hall–Kier alpha value is -3.08. The first kappa shape index (κ1) is 23.3. The van der Waals surface area contributed by atoms with Crippen LogP contribution in [0.4, 0.5) is 10.8 Å². The van der Waals surface area contributed by atoms with Crippen molar-refractivity contribution >= 4 is 43.9 Å². The SMILES string of the molecule is O=C(Nc1nc2c(s1)CN(Cc1ccccc1)CC2)c1ccc2c(c1)S(=O)(=O)N=C1CCCCCN12. The van der Waals surface area contributed by atoms with Crippen LogP contribution in [0.15, 0.2) is 57.8 Å². The summed E-state index contributed by atoms with van der Waals surface area (Å²) in [5.41, 5.74) is 3.19. The van der Waals surface area contributed by atoms with Crippen molar-refractivity contribution in [3.63, 3.8) is 0 Å². The van der Waals surface area contributed by atoms with Gasteiger partial charge < -0.3 is 4.90 Å². The molecule has 186 valence electrons. The molecule has 1 amide bonds. The summed E-state index contributed by atoms with van der Waals surface area (Å²) in [6.07, 6.45) is 4.45. The molecule has 0 unspecified atom stereocenters. The van der Waals surface area contributed by atoms with Gasteiger partial charge in [0.05, 0.1) is 11.4 Å². The number of amides is 1. The molecule has 4 heterocycles. The number of carbonyl (C=O) groups is 1. The quantitative estimate of drug-likeness (QED) is 0.546. The molecule has 1 aromatic heterocycles. The van der Waals surface area contributed by atoms with Crippen LogP contribution in [0.25, 0.3) is 0 Å². The first-order chi connectivity index (χ1) is 17.5. The van der Waals surface area contributed by atoms with Crippen LogP contribution in [0.5, 0.6) is 0 Å². The van der Waals surface area contributed by atoms with E-state index in [-0.39, 0.29) is 16.4 Å². The molecule has 0 bridgehead atoms. The van der Waals surface area contributed by atoms with Crippen LogP contribution < -0.4 is 10.2 Å². The Bertz CT molecular complexity index is 1450. The van der Waals surface area contributed by atoms with Crippen LogP contribution in [0, 0.1) is 0 Å². The van der Waals surface area contributed by atoms with Crippen molar-refractivity contribution in [3.8, 4) is 0 Å². The zero-order chi connectivity index (χ0) is 24.7. The van der Waals surface area contributed by atoms with Gasteiger partial charge in [0, 0.05) is 49.5 Å². The van der Waals surface area contributed by atoms with E-state index < -0.39 is 10.0 Å². The second-order valence-electron chi connectivity index (χ2n) is 9.42. The monoisotopic (exact) mass is 521 g/mol. The maximum Gasteiger partial charge on any atom is 0.286 e. The Labute approximate surface area is 214 Å². The third kappa shape index (κ3) is 4.56. The van der Waals surface area contributed by atoms with Gasteiger partial charge in [0.1, 0.15) is 10.7 Å². The average Bonchev–Trinajstić information content (AvgIpc) is 3.12. The number of sulfonamides is 1. The number of amidine groups is 1. The van der Waals surface area contributed by atoms with Gasteiger partial charge in [-0.3, -0.25) is 15.0 Å². The lowest BCUT2D eigenvalue weighted by Crippen LogP contribution is -2.35. The molecular formula is C26H27N5O3S2. The van der Waals surface area contributed by atoms with Crippen molar-refractivity contribution in [2.75, 3.05) is 23.3 Å². The van der Waals surface area contributed by atoms with Crippen molar-refractivity contribution in [1.29, 1.82) is 0 Å². The van der Waals surface area contributed by atoms with Gasteiger partial charge in [-0.15, -0.1) is 15.7 Å². The first-order valence-corrected chi connectivity index (χ1v) is 14.5. The minimum atomic E-state index is -3.84. The minimum Gasteiger partial charge on any atom is -0.328 e. The van der Waals surface area contributed by atoms with E-state index in [4.69, 9.17) is 0 Å². The van der Waals surface area contributed by atoms with Gasteiger partial charge >= 0.3 is 0 Å². The lowest BCUT2D eigenvalue weighted by atomic mass is 10.1. The highest BCUT2D eigenvalue weighted by atomic mass is 32.2. The zero-order valence-corrected chi connectivity index (χ0v) is 21.4. The van der Waals surface area contributed by atoms with E-state index in [9.17, 15) is 13.2 Å². The predicted molar refractivity (Wildman–Crippen MR) is 141 cm³/mol. The molecule has 3 aromatic rings. The standard InChI is InChI=1S/C26H27N5O3S2/c32-25(19-10-11-21-23(15-19)36(33,34)29-24-9-5-2-6-13-31(21)24)28-26-27-20-12-14-30(17-22(20)35-26)16-18-7-3-1-4-8-18/h1,3-4,7-8,10-11,15H,2,5-6,9,12-14,16-17H2,(H,27,28,32). The molecule has 1 N–H and O–H groups in total. The molecule has 6 rings (SSSR count). The molecule has 10 heteroatoms. The van der Waals surface area contributed by atoms with E-state index in [2.05, 4.69) is 43.9 Å². The summed E-state index contributed by atoms with van der Waals surface area (Å²) in [5, 5.41) is 3.43. The van der Waals surface area contributed by atoms with E-state index in [1.54, 1.807) is 12.1 Å². The summed E-state index contributed by atoms with van der Waals surface area (Å²) in [7, 11) is -3.84. The Morgan fingerprint density at radius 3 is 2.75 bits per heavy atom. The number of hydrogen-bond donors (Lipinski definition) is 1. The molecule has 1 saturated heterocycles. The largest absolute Gasteiger partial charge is 0.328 e. The van der Waals surface area contributed by atoms with Gasteiger partial charge in [0.25, 0.3) is 15.9 Å². The number of carbonyl (C=O) groups excluding carboxylic acids is 1. The third-order valence-corrected chi connectivity index (χ3v) is 9.22. The Balaban J connectivity index is 1.19. The van der Waals surface area contributed by atoms with Gasteiger partial charge in [-0.25, -0.2) is 4.98 Å². The molecule has 8 nitrogen and oxygen atoms in total. The summed E-state index contributed by atoms with van der Waals surface area (Å²) in [6, 6.07) is 15.2. The van der Waals surface area contributed by atoms with Crippen molar-refractivity contribution in [2.24, 2.45) is 4.40 Å². The first-order valence-electron chi connectivity index (χ1n) is 12.3. The predicted octanol–water partition coefficient (Wildman–Crippen LogP) is 4.43. The number of benzene rings is 2. The van der Waals surface area contributed by atoms with Crippen LogP contribution in [-0.4, -0.2) is 43.1 Å².